The SMILES string of the molecule is O=C(c1ccc(Cl)cn1)c1cccc(F)c1F. The van der Waals surface area contributed by atoms with Crippen LogP contribution in [0.2, 0.25) is 5.02 Å². The van der Waals surface area contributed by atoms with Crippen molar-refractivity contribution in [1.82, 2.24) is 4.98 Å². The normalized spacial score (nSPS) is 10.3. The number of nitrogens with zero attached hydrogens (tertiary/aromatic N) is 1. The highest BCUT2D eigenvalue weighted by Crippen LogP contribution is 2.16. The molecule has 0 N–H and O–H groups in total. The van der Waals surface area contributed by atoms with Crippen molar-refractivity contribution in [3.05, 3.63) is 64.4 Å². The van der Waals surface area contributed by atoms with E-state index in [2.05, 4.69) is 4.98 Å². The number of carbonyl (C=O) groups is 1. The second-order valence-corrected chi connectivity index (χ2v) is 3.73. The number of benzene rings is 1. The van der Waals surface area contributed by atoms with Crippen LogP contribution >= 0.6 is 11.6 Å². The Morgan fingerprint density at radius 3 is 2.59 bits per heavy atom. The highest BCUT2D eigenvalue weighted by molar-refractivity contribution is 6.30. The topological polar surface area (TPSA) is 30.0 Å². The highest BCUT2D eigenvalue weighted by Gasteiger charge is 2.17. The molecule has 2 rings (SSSR count). The van der Waals surface area contributed by atoms with Gasteiger partial charge in [0.05, 0.1) is 10.6 Å². The zero-order valence-electron chi connectivity index (χ0n) is 8.45. The van der Waals surface area contributed by atoms with Crippen LogP contribution in [0.15, 0.2) is 36.5 Å². The summed E-state index contributed by atoms with van der Waals surface area (Å²) >= 11 is 5.61. The van der Waals surface area contributed by atoms with E-state index in [1.54, 1.807) is 0 Å². The summed E-state index contributed by atoms with van der Waals surface area (Å²) < 4.78 is 26.3. The molecule has 0 bridgehead atoms. The third kappa shape index (κ3) is 2.31. The quantitative estimate of drug-likeness (QED) is 0.769. The number of hydrogen-bond acceptors (Lipinski definition) is 2. The van der Waals surface area contributed by atoms with E-state index in [0.717, 1.165) is 6.07 Å². The molecule has 0 aliphatic carbocycles. The van der Waals surface area contributed by atoms with Gasteiger partial charge in [0, 0.05) is 6.20 Å². The Bertz CT molecular complexity index is 569. The molecule has 0 spiro atoms. The molecule has 0 unspecified atom stereocenters. The minimum Gasteiger partial charge on any atom is -0.287 e. The summed E-state index contributed by atoms with van der Waals surface area (Å²) in [7, 11) is 0. The van der Waals surface area contributed by atoms with Crippen molar-refractivity contribution in [2.24, 2.45) is 0 Å². The summed E-state index contributed by atoms with van der Waals surface area (Å²) in [5, 5.41) is 0.362. The highest BCUT2D eigenvalue weighted by atomic mass is 35.5. The van der Waals surface area contributed by atoms with E-state index in [4.69, 9.17) is 11.6 Å². The van der Waals surface area contributed by atoms with E-state index in [0.29, 0.717) is 5.02 Å². The first-order chi connectivity index (χ1) is 8.09. The van der Waals surface area contributed by atoms with E-state index in [-0.39, 0.29) is 11.3 Å². The number of aromatic nitrogens is 1. The van der Waals surface area contributed by atoms with Crippen LogP contribution in [0.1, 0.15) is 16.1 Å². The van der Waals surface area contributed by atoms with Gasteiger partial charge in [-0.05, 0) is 24.3 Å². The maximum Gasteiger partial charge on any atom is 0.214 e. The van der Waals surface area contributed by atoms with Gasteiger partial charge < -0.3 is 0 Å². The Balaban J connectivity index is 2.44. The van der Waals surface area contributed by atoms with Gasteiger partial charge in [0.1, 0.15) is 5.69 Å². The minimum atomic E-state index is -1.17. The zero-order valence-corrected chi connectivity index (χ0v) is 9.21. The molecule has 0 amide bonds. The standard InChI is InChI=1S/C12H6ClF2NO/c13-7-4-5-10(16-6-7)12(17)8-2-1-3-9(14)11(8)15/h1-6H. The second kappa shape index (κ2) is 4.59. The summed E-state index contributed by atoms with van der Waals surface area (Å²) in [4.78, 5) is 15.6. The van der Waals surface area contributed by atoms with Crippen molar-refractivity contribution in [1.29, 1.82) is 0 Å². The van der Waals surface area contributed by atoms with Crippen LogP contribution < -0.4 is 0 Å². The fourth-order valence-corrected chi connectivity index (χ4v) is 1.44. The predicted octanol–water partition coefficient (Wildman–Crippen LogP) is 3.24. The Hall–Kier alpha value is -1.81. The van der Waals surface area contributed by atoms with Crippen LogP contribution in [-0.2, 0) is 0 Å². The number of ketones is 1. The van der Waals surface area contributed by atoms with Crippen LogP contribution in [-0.4, -0.2) is 10.8 Å². The molecule has 1 aromatic carbocycles. The molecule has 0 saturated heterocycles. The van der Waals surface area contributed by atoms with Crippen molar-refractivity contribution in [3.8, 4) is 0 Å². The Morgan fingerprint density at radius 2 is 1.94 bits per heavy atom. The first-order valence-corrected chi connectivity index (χ1v) is 5.07. The van der Waals surface area contributed by atoms with Crippen molar-refractivity contribution >= 4 is 17.4 Å². The van der Waals surface area contributed by atoms with Gasteiger partial charge in [-0.1, -0.05) is 17.7 Å². The first-order valence-electron chi connectivity index (χ1n) is 4.70. The summed E-state index contributed by atoms with van der Waals surface area (Å²) in [5.74, 6) is -2.92. The molecule has 5 heteroatoms. The van der Waals surface area contributed by atoms with Crippen molar-refractivity contribution < 1.29 is 13.6 Å². The fraction of sp³-hybridized carbons (Fsp3) is 0. The predicted molar refractivity (Wildman–Crippen MR) is 59.0 cm³/mol. The van der Waals surface area contributed by atoms with Crippen LogP contribution in [0.5, 0.6) is 0 Å². The number of pyridine rings is 1. The van der Waals surface area contributed by atoms with Crippen LogP contribution in [0.3, 0.4) is 0 Å². The van der Waals surface area contributed by atoms with Crippen LogP contribution in [0.25, 0.3) is 0 Å². The summed E-state index contributed by atoms with van der Waals surface area (Å²) in [6, 6.07) is 6.23. The van der Waals surface area contributed by atoms with E-state index < -0.39 is 17.4 Å². The number of hydrogen-bond donors (Lipinski definition) is 0. The van der Waals surface area contributed by atoms with Gasteiger partial charge in [-0.3, -0.25) is 9.78 Å². The average molecular weight is 254 g/mol. The van der Waals surface area contributed by atoms with Crippen molar-refractivity contribution in [3.63, 3.8) is 0 Å². The lowest BCUT2D eigenvalue weighted by Crippen LogP contribution is -2.07. The van der Waals surface area contributed by atoms with Gasteiger partial charge in [0.15, 0.2) is 11.6 Å². The van der Waals surface area contributed by atoms with E-state index in [9.17, 15) is 13.6 Å². The van der Waals surface area contributed by atoms with Gasteiger partial charge in [0.2, 0.25) is 5.78 Å². The molecule has 0 radical (unpaired) electrons. The fourth-order valence-electron chi connectivity index (χ4n) is 1.33. The van der Waals surface area contributed by atoms with Crippen LogP contribution in [0, 0.1) is 11.6 Å². The van der Waals surface area contributed by atoms with E-state index in [1.807, 2.05) is 0 Å². The summed E-state index contributed by atoms with van der Waals surface area (Å²) in [5.41, 5.74) is -0.335. The van der Waals surface area contributed by atoms with Crippen LogP contribution in [0.4, 0.5) is 8.78 Å². The lowest BCUT2D eigenvalue weighted by atomic mass is 10.1. The molecule has 1 heterocycles. The maximum absolute atomic E-state index is 13.4. The Morgan fingerprint density at radius 1 is 1.18 bits per heavy atom. The molecule has 0 fully saturated rings. The number of carbonyl (C=O) groups excluding carboxylic acids is 1. The summed E-state index contributed by atoms with van der Waals surface area (Å²) in [6.45, 7) is 0. The average Bonchev–Trinajstić information content (AvgIpc) is 2.33. The third-order valence-electron chi connectivity index (χ3n) is 2.16. The van der Waals surface area contributed by atoms with Gasteiger partial charge in [0.25, 0.3) is 0 Å². The van der Waals surface area contributed by atoms with Crippen molar-refractivity contribution in [2.45, 2.75) is 0 Å². The van der Waals surface area contributed by atoms with Crippen molar-refractivity contribution in [2.75, 3.05) is 0 Å². The maximum atomic E-state index is 13.4. The first kappa shape index (κ1) is 11.7. The Labute approximate surface area is 101 Å². The van der Waals surface area contributed by atoms with Gasteiger partial charge >= 0.3 is 0 Å². The Kier molecular flexibility index (Phi) is 3.15. The zero-order chi connectivity index (χ0) is 12.4. The lowest BCUT2D eigenvalue weighted by molar-refractivity contribution is 0.102. The van der Waals surface area contributed by atoms with Gasteiger partial charge in [-0.2, -0.15) is 0 Å². The summed E-state index contributed by atoms with van der Waals surface area (Å²) in [6.07, 6.45) is 1.27. The molecule has 0 atom stereocenters. The lowest BCUT2D eigenvalue weighted by Gasteiger charge is -2.02. The monoisotopic (exact) mass is 253 g/mol. The molecule has 17 heavy (non-hydrogen) atoms. The largest absolute Gasteiger partial charge is 0.287 e. The molecule has 2 nitrogen and oxygen atoms in total. The molecule has 0 saturated carbocycles. The van der Waals surface area contributed by atoms with Gasteiger partial charge in [-0.25, -0.2) is 8.78 Å². The molecular weight excluding hydrogens is 248 g/mol. The number of halogens is 3. The molecule has 2 aromatic rings. The van der Waals surface area contributed by atoms with E-state index in [1.165, 1.54) is 30.5 Å². The smallest absolute Gasteiger partial charge is 0.214 e. The second-order valence-electron chi connectivity index (χ2n) is 3.29. The molecular formula is C12H6ClF2NO. The minimum absolute atomic E-state index is 0.0129. The molecule has 0 aliphatic heterocycles. The van der Waals surface area contributed by atoms with E-state index >= 15 is 0 Å². The molecule has 0 aliphatic rings. The molecule has 1 aromatic heterocycles. The molecule has 86 valence electrons. The van der Waals surface area contributed by atoms with Gasteiger partial charge in [-0.15, -0.1) is 0 Å². The number of rotatable bonds is 2. The third-order valence-corrected chi connectivity index (χ3v) is 2.38.